The highest BCUT2D eigenvalue weighted by atomic mass is 19.1. The number of non-ortho nitro benzene ring substituents is 1. The van der Waals surface area contributed by atoms with Crippen LogP contribution in [0.3, 0.4) is 0 Å². The van der Waals surface area contributed by atoms with Gasteiger partial charge in [0.15, 0.2) is 0 Å². The number of nitrogens with zero attached hydrogens (tertiary/aromatic N) is 2. The lowest BCUT2D eigenvalue weighted by atomic mass is 9.82. The van der Waals surface area contributed by atoms with Gasteiger partial charge in [-0.1, -0.05) is 13.8 Å². The zero-order chi connectivity index (χ0) is 15.1. The molecule has 1 aliphatic rings. The molecule has 0 atom stereocenters. The van der Waals surface area contributed by atoms with Crippen LogP contribution in [0.2, 0.25) is 0 Å². The lowest BCUT2D eigenvalue weighted by Gasteiger charge is -2.49. The lowest BCUT2D eigenvalue weighted by Crippen LogP contribution is -2.66. The average Bonchev–Trinajstić information content (AvgIpc) is 2.33. The van der Waals surface area contributed by atoms with Crippen LogP contribution in [0.1, 0.15) is 24.2 Å². The van der Waals surface area contributed by atoms with Crippen LogP contribution in [0, 0.1) is 21.8 Å². The van der Waals surface area contributed by atoms with Gasteiger partial charge in [-0.15, -0.1) is 0 Å². The number of carbonyl (C=O) groups excluding carboxylic acids is 1. The van der Waals surface area contributed by atoms with E-state index in [1.54, 1.807) is 0 Å². The summed E-state index contributed by atoms with van der Waals surface area (Å²) >= 11 is 0. The molecular weight excluding hydrogens is 267 g/mol. The van der Waals surface area contributed by atoms with Gasteiger partial charge in [0.05, 0.1) is 29.6 Å². The maximum atomic E-state index is 13.7. The Bertz CT molecular complexity index is 567. The van der Waals surface area contributed by atoms with Crippen LogP contribution in [0.5, 0.6) is 0 Å². The van der Waals surface area contributed by atoms with Gasteiger partial charge in [-0.3, -0.25) is 14.9 Å². The molecule has 1 N–H and O–H groups in total. The molecule has 0 bridgehead atoms. The molecule has 0 radical (unpaired) electrons. The van der Waals surface area contributed by atoms with E-state index in [9.17, 15) is 24.4 Å². The number of benzene rings is 1. The van der Waals surface area contributed by atoms with Crippen molar-refractivity contribution in [2.75, 3.05) is 13.1 Å². The summed E-state index contributed by atoms with van der Waals surface area (Å²) in [5, 5.41) is 20.6. The van der Waals surface area contributed by atoms with E-state index < -0.39 is 27.9 Å². The summed E-state index contributed by atoms with van der Waals surface area (Å²) in [4.78, 5) is 23.2. The van der Waals surface area contributed by atoms with E-state index in [1.165, 1.54) is 4.90 Å². The molecule has 1 saturated heterocycles. The van der Waals surface area contributed by atoms with Crippen molar-refractivity contribution in [2.24, 2.45) is 5.92 Å². The molecule has 0 spiro atoms. The van der Waals surface area contributed by atoms with Gasteiger partial charge in [-0.05, 0) is 12.0 Å². The van der Waals surface area contributed by atoms with Crippen molar-refractivity contribution in [1.29, 1.82) is 0 Å². The molecular formula is C13H15FN2O4. The summed E-state index contributed by atoms with van der Waals surface area (Å²) < 4.78 is 13.7. The fraction of sp³-hybridized carbons (Fsp3) is 0.462. The van der Waals surface area contributed by atoms with Crippen LogP contribution >= 0.6 is 0 Å². The number of β-amino-alcohol motifs (C(OH)–C–C–N with tert-alkyl or cyclic N) is 1. The summed E-state index contributed by atoms with van der Waals surface area (Å²) in [6.07, 6.45) is 0. The molecule has 1 aliphatic heterocycles. The molecule has 0 aliphatic carbocycles. The summed E-state index contributed by atoms with van der Waals surface area (Å²) in [7, 11) is 0. The van der Waals surface area contributed by atoms with E-state index in [1.807, 2.05) is 13.8 Å². The number of hydrogen-bond donors (Lipinski definition) is 1. The lowest BCUT2D eigenvalue weighted by molar-refractivity contribution is -0.385. The first kappa shape index (κ1) is 14.4. The van der Waals surface area contributed by atoms with Crippen molar-refractivity contribution in [1.82, 2.24) is 4.90 Å². The molecule has 7 heteroatoms. The van der Waals surface area contributed by atoms with E-state index in [4.69, 9.17) is 0 Å². The van der Waals surface area contributed by atoms with E-state index in [2.05, 4.69) is 0 Å². The van der Waals surface area contributed by atoms with Crippen molar-refractivity contribution in [2.45, 2.75) is 19.4 Å². The highest BCUT2D eigenvalue weighted by molar-refractivity contribution is 5.95. The second-order valence-corrected chi connectivity index (χ2v) is 5.34. The van der Waals surface area contributed by atoms with Crippen LogP contribution in [0.15, 0.2) is 18.2 Å². The van der Waals surface area contributed by atoms with Crippen molar-refractivity contribution in [3.8, 4) is 0 Å². The third-order valence-electron chi connectivity index (χ3n) is 3.69. The number of halogens is 1. The average molecular weight is 282 g/mol. The van der Waals surface area contributed by atoms with Gasteiger partial charge in [0.1, 0.15) is 11.4 Å². The number of rotatable bonds is 3. The van der Waals surface area contributed by atoms with Crippen LogP contribution in [0.4, 0.5) is 10.1 Å². The maximum absolute atomic E-state index is 13.7. The first-order chi connectivity index (χ1) is 9.24. The number of nitro groups is 1. The second kappa shape index (κ2) is 4.82. The highest BCUT2D eigenvalue weighted by Crippen LogP contribution is 2.30. The number of amides is 1. The first-order valence-corrected chi connectivity index (χ1v) is 6.20. The molecule has 1 aromatic carbocycles. The molecule has 2 rings (SSSR count). The molecule has 108 valence electrons. The SMILES string of the molecule is CC(C)C1(O)CN(C(=O)c2ccc([N+](=O)[O-])cc2F)C1. The minimum atomic E-state index is -0.938. The minimum Gasteiger partial charge on any atom is -0.386 e. The van der Waals surface area contributed by atoms with Crippen molar-refractivity contribution in [3.63, 3.8) is 0 Å². The van der Waals surface area contributed by atoms with Crippen molar-refractivity contribution in [3.05, 3.63) is 39.7 Å². The highest BCUT2D eigenvalue weighted by Gasteiger charge is 2.46. The van der Waals surface area contributed by atoms with Crippen LogP contribution in [0.25, 0.3) is 0 Å². The Morgan fingerprint density at radius 1 is 1.50 bits per heavy atom. The van der Waals surface area contributed by atoms with Gasteiger partial charge < -0.3 is 10.0 Å². The summed E-state index contributed by atoms with van der Waals surface area (Å²) in [5.74, 6) is -1.50. The summed E-state index contributed by atoms with van der Waals surface area (Å²) in [6.45, 7) is 3.96. The third kappa shape index (κ3) is 2.36. The first-order valence-electron chi connectivity index (χ1n) is 6.20. The molecule has 1 fully saturated rings. The zero-order valence-corrected chi connectivity index (χ0v) is 11.2. The Kier molecular flexibility index (Phi) is 3.47. The maximum Gasteiger partial charge on any atom is 0.272 e. The van der Waals surface area contributed by atoms with E-state index >= 15 is 0 Å². The van der Waals surface area contributed by atoms with Gasteiger partial charge >= 0.3 is 0 Å². The number of nitro benzene ring substituents is 1. The number of carbonyl (C=O) groups is 1. The fourth-order valence-electron chi connectivity index (χ4n) is 2.08. The van der Waals surface area contributed by atoms with E-state index in [0.717, 1.165) is 18.2 Å². The van der Waals surface area contributed by atoms with E-state index in [-0.39, 0.29) is 24.6 Å². The smallest absolute Gasteiger partial charge is 0.272 e. The summed E-state index contributed by atoms with van der Waals surface area (Å²) in [6, 6.07) is 2.91. The predicted molar refractivity (Wildman–Crippen MR) is 68.7 cm³/mol. The van der Waals surface area contributed by atoms with Gasteiger partial charge in [0.25, 0.3) is 11.6 Å². The van der Waals surface area contributed by atoms with Crippen molar-refractivity contribution < 1.29 is 19.2 Å². The monoisotopic (exact) mass is 282 g/mol. The fourth-order valence-corrected chi connectivity index (χ4v) is 2.08. The number of hydrogen-bond acceptors (Lipinski definition) is 4. The van der Waals surface area contributed by atoms with Gasteiger partial charge in [0, 0.05) is 6.07 Å². The Balaban J connectivity index is 2.14. The molecule has 0 saturated carbocycles. The molecule has 20 heavy (non-hydrogen) atoms. The Labute approximate surface area is 115 Å². The third-order valence-corrected chi connectivity index (χ3v) is 3.69. The minimum absolute atomic E-state index is 0.00624. The standard InChI is InChI=1S/C13H15FN2O4/c1-8(2)13(18)6-15(7-13)12(17)10-4-3-9(16(19)20)5-11(10)14/h3-5,8,18H,6-7H2,1-2H3. The van der Waals surface area contributed by atoms with Crippen LogP contribution < -0.4 is 0 Å². The quantitative estimate of drug-likeness (QED) is 0.674. The van der Waals surface area contributed by atoms with Gasteiger partial charge in [-0.2, -0.15) is 0 Å². The predicted octanol–water partition coefficient (Wildman–Crippen LogP) is 1.58. The Hall–Kier alpha value is -2.02. The molecule has 1 amide bonds. The number of likely N-dealkylation sites (tertiary alicyclic amines) is 1. The largest absolute Gasteiger partial charge is 0.386 e. The zero-order valence-electron chi connectivity index (χ0n) is 11.2. The van der Waals surface area contributed by atoms with Gasteiger partial charge in [0.2, 0.25) is 0 Å². The van der Waals surface area contributed by atoms with Crippen LogP contribution in [-0.2, 0) is 0 Å². The molecule has 1 aromatic rings. The number of aliphatic hydroxyl groups is 1. The molecule has 1 heterocycles. The Morgan fingerprint density at radius 3 is 2.55 bits per heavy atom. The topological polar surface area (TPSA) is 83.7 Å². The molecule has 0 aromatic heterocycles. The summed E-state index contributed by atoms with van der Waals surface area (Å²) in [5.41, 5.74) is -1.56. The van der Waals surface area contributed by atoms with E-state index in [0.29, 0.717) is 0 Å². The van der Waals surface area contributed by atoms with Crippen LogP contribution in [-0.4, -0.2) is 39.5 Å². The Morgan fingerprint density at radius 2 is 2.10 bits per heavy atom. The normalized spacial score (nSPS) is 16.9. The van der Waals surface area contributed by atoms with Gasteiger partial charge in [-0.25, -0.2) is 4.39 Å². The second-order valence-electron chi connectivity index (χ2n) is 5.34. The molecule has 0 unspecified atom stereocenters. The molecule has 6 nitrogen and oxygen atoms in total. The van der Waals surface area contributed by atoms with Crippen molar-refractivity contribution >= 4 is 11.6 Å².